The summed E-state index contributed by atoms with van der Waals surface area (Å²) in [7, 11) is 0. The summed E-state index contributed by atoms with van der Waals surface area (Å²) in [6, 6.07) is -0.547. The topological polar surface area (TPSA) is 75.3 Å². The van der Waals surface area contributed by atoms with Crippen molar-refractivity contribution >= 4 is 17.7 Å². The van der Waals surface area contributed by atoms with Gasteiger partial charge in [0.15, 0.2) is 0 Å². The predicted molar refractivity (Wildman–Crippen MR) is 58.4 cm³/mol. The van der Waals surface area contributed by atoms with E-state index in [2.05, 4.69) is 10.6 Å². The maximum Gasteiger partial charge on any atom is 0.249 e. The van der Waals surface area contributed by atoms with Gasteiger partial charge < -0.3 is 5.32 Å². The van der Waals surface area contributed by atoms with Crippen molar-refractivity contribution in [3.63, 3.8) is 0 Å². The molecule has 2 unspecified atom stereocenters. The van der Waals surface area contributed by atoms with Gasteiger partial charge in [-0.15, -0.1) is 0 Å². The van der Waals surface area contributed by atoms with Crippen LogP contribution in [0.2, 0.25) is 0 Å². The minimum atomic E-state index is -0.547. The van der Waals surface area contributed by atoms with Gasteiger partial charge in [0.2, 0.25) is 17.7 Å². The summed E-state index contributed by atoms with van der Waals surface area (Å²) in [6.45, 7) is 4.01. The molecule has 0 aromatic carbocycles. The first-order chi connectivity index (χ1) is 7.52. The first-order valence-corrected chi connectivity index (χ1v) is 5.66. The van der Waals surface area contributed by atoms with E-state index < -0.39 is 11.9 Å². The molecule has 0 radical (unpaired) electrons. The summed E-state index contributed by atoms with van der Waals surface area (Å²) >= 11 is 0. The van der Waals surface area contributed by atoms with E-state index in [1.165, 1.54) is 0 Å². The predicted octanol–water partition coefficient (Wildman–Crippen LogP) is 0.344. The van der Waals surface area contributed by atoms with Crippen LogP contribution in [0.15, 0.2) is 0 Å². The van der Waals surface area contributed by atoms with Gasteiger partial charge in [0.05, 0.1) is 0 Å². The lowest BCUT2D eigenvalue weighted by atomic mass is 10.0. The number of rotatable bonds is 4. The van der Waals surface area contributed by atoms with E-state index in [9.17, 15) is 14.4 Å². The maximum absolute atomic E-state index is 11.5. The van der Waals surface area contributed by atoms with Gasteiger partial charge in [-0.05, 0) is 12.3 Å². The van der Waals surface area contributed by atoms with Gasteiger partial charge in [-0.25, -0.2) is 0 Å². The van der Waals surface area contributed by atoms with Crippen LogP contribution in [0.5, 0.6) is 0 Å². The van der Waals surface area contributed by atoms with Gasteiger partial charge in [-0.1, -0.05) is 20.3 Å². The summed E-state index contributed by atoms with van der Waals surface area (Å²) in [5.74, 6) is -0.469. The van der Waals surface area contributed by atoms with Gasteiger partial charge in [-0.2, -0.15) is 0 Å². The summed E-state index contributed by atoms with van der Waals surface area (Å²) < 4.78 is 0. The Balaban J connectivity index is 2.39. The molecule has 16 heavy (non-hydrogen) atoms. The van der Waals surface area contributed by atoms with Crippen LogP contribution in [0.1, 0.15) is 39.5 Å². The van der Waals surface area contributed by atoms with Crippen LogP contribution in [-0.2, 0) is 14.4 Å². The van der Waals surface area contributed by atoms with Crippen LogP contribution in [0.4, 0.5) is 0 Å². The Labute approximate surface area is 95.0 Å². The molecule has 0 saturated carbocycles. The lowest BCUT2D eigenvalue weighted by molar-refractivity contribution is -0.137. The Bertz CT molecular complexity index is 302. The molecule has 1 aliphatic heterocycles. The van der Waals surface area contributed by atoms with Crippen LogP contribution in [-0.4, -0.2) is 23.8 Å². The second-order valence-corrected chi connectivity index (χ2v) is 4.29. The average Bonchev–Trinajstić information content (AvgIpc) is 2.22. The molecule has 1 aliphatic rings. The maximum atomic E-state index is 11.5. The van der Waals surface area contributed by atoms with E-state index in [1.807, 2.05) is 13.8 Å². The molecule has 3 amide bonds. The fraction of sp³-hybridized carbons (Fsp3) is 0.727. The van der Waals surface area contributed by atoms with Crippen molar-refractivity contribution in [3.8, 4) is 0 Å². The quantitative estimate of drug-likeness (QED) is 0.679. The van der Waals surface area contributed by atoms with Crippen molar-refractivity contribution in [1.29, 1.82) is 0 Å². The SMILES string of the molecule is CCC(C)CC(=O)NC1CCC(=O)NC1=O. The van der Waals surface area contributed by atoms with Gasteiger partial charge in [-0.3, -0.25) is 19.7 Å². The van der Waals surface area contributed by atoms with Crippen LogP contribution in [0.25, 0.3) is 0 Å². The Morgan fingerprint density at radius 3 is 2.81 bits per heavy atom. The second kappa shape index (κ2) is 5.63. The van der Waals surface area contributed by atoms with Gasteiger partial charge in [0.1, 0.15) is 6.04 Å². The number of amides is 3. The molecule has 0 aromatic heterocycles. The van der Waals surface area contributed by atoms with Crippen molar-refractivity contribution in [2.24, 2.45) is 5.92 Å². The zero-order valence-corrected chi connectivity index (χ0v) is 9.71. The largest absolute Gasteiger partial charge is 0.344 e. The highest BCUT2D eigenvalue weighted by Crippen LogP contribution is 2.08. The molecule has 2 atom stereocenters. The lowest BCUT2D eigenvalue weighted by Gasteiger charge is -2.22. The standard InChI is InChI=1S/C11H18N2O3/c1-3-7(2)6-10(15)12-8-4-5-9(14)13-11(8)16/h7-8H,3-6H2,1-2H3,(H,12,15)(H,13,14,16). The highest BCUT2D eigenvalue weighted by Gasteiger charge is 2.27. The van der Waals surface area contributed by atoms with Crippen LogP contribution >= 0.6 is 0 Å². The summed E-state index contributed by atoms with van der Waals surface area (Å²) in [6.07, 6.45) is 2.05. The third-order valence-electron chi connectivity index (χ3n) is 2.81. The second-order valence-electron chi connectivity index (χ2n) is 4.29. The number of carbonyl (C=O) groups excluding carboxylic acids is 3. The molecule has 0 aromatic rings. The highest BCUT2D eigenvalue weighted by atomic mass is 16.2. The van der Waals surface area contributed by atoms with Crippen molar-refractivity contribution in [1.82, 2.24) is 10.6 Å². The summed E-state index contributed by atoms with van der Waals surface area (Å²) in [4.78, 5) is 33.8. The van der Waals surface area contributed by atoms with Gasteiger partial charge >= 0.3 is 0 Å². The molecular formula is C11H18N2O3. The number of carbonyl (C=O) groups is 3. The highest BCUT2D eigenvalue weighted by molar-refractivity contribution is 6.01. The third-order valence-corrected chi connectivity index (χ3v) is 2.81. The van der Waals surface area contributed by atoms with Crippen molar-refractivity contribution in [2.75, 3.05) is 0 Å². The summed E-state index contributed by atoms with van der Waals surface area (Å²) in [5, 5.41) is 4.86. The van der Waals surface area contributed by atoms with E-state index in [4.69, 9.17) is 0 Å². The first kappa shape index (κ1) is 12.7. The fourth-order valence-electron chi connectivity index (χ4n) is 1.55. The third kappa shape index (κ3) is 3.64. The normalized spacial score (nSPS) is 22.5. The number of hydrogen-bond donors (Lipinski definition) is 2. The van der Waals surface area contributed by atoms with Gasteiger partial charge in [0.25, 0.3) is 0 Å². The van der Waals surface area contributed by atoms with Crippen molar-refractivity contribution in [3.05, 3.63) is 0 Å². The number of imide groups is 1. The van der Waals surface area contributed by atoms with E-state index >= 15 is 0 Å². The van der Waals surface area contributed by atoms with Gasteiger partial charge in [0, 0.05) is 12.8 Å². The van der Waals surface area contributed by atoms with Crippen LogP contribution in [0, 0.1) is 5.92 Å². The van der Waals surface area contributed by atoms with Crippen LogP contribution < -0.4 is 10.6 Å². The van der Waals surface area contributed by atoms with E-state index in [-0.39, 0.29) is 11.8 Å². The zero-order chi connectivity index (χ0) is 12.1. The minimum absolute atomic E-state index is 0.121. The monoisotopic (exact) mass is 226 g/mol. The van der Waals surface area contributed by atoms with E-state index in [0.717, 1.165) is 6.42 Å². The molecule has 0 bridgehead atoms. The fourth-order valence-corrected chi connectivity index (χ4v) is 1.55. The van der Waals surface area contributed by atoms with Crippen molar-refractivity contribution < 1.29 is 14.4 Å². The number of nitrogens with one attached hydrogen (secondary N) is 2. The average molecular weight is 226 g/mol. The Hall–Kier alpha value is -1.39. The Morgan fingerprint density at radius 1 is 1.56 bits per heavy atom. The molecule has 2 N–H and O–H groups in total. The smallest absolute Gasteiger partial charge is 0.249 e. The molecule has 1 rings (SSSR count). The molecule has 0 spiro atoms. The van der Waals surface area contributed by atoms with E-state index in [1.54, 1.807) is 0 Å². The Kier molecular flexibility index (Phi) is 4.46. The lowest BCUT2D eigenvalue weighted by Crippen LogP contribution is -2.52. The Morgan fingerprint density at radius 2 is 2.25 bits per heavy atom. The zero-order valence-electron chi connectivity index (χ0n) is 9.71. The molecule has 5 heteroatoms. The summed E-state index contributed by atoms with van der Waals surface area (Å²) in [5.41, 5.74) is 0. The molecule has 0 aliphatic carbocycles. The van der Waals surface area contributed by atoms with E-state index in [0.29, 0.717) is 25.2 Å². The molecule has 1 heterocycles. The first-order valence-electron chi connectivity index (χ1n) is 5.66. The molecular weight excluding hydrogens is 208 g/mol. The van der Waals surface area contributed by atoms with Crippen LogP contribution in [0.3, 0.4) is 0 Å². The number of hydrogen-bond acceptors (Lipinski definition) is 3. The molecule has 1 fully saturated rings. The number of piperidine rings is 1. The minimum Gasteiger partial charge on any atom is -0.344 e. The molecule has 5 nitrogen and oxygen atoms in total. The van der Waals surface area contributed by atoms with Crippen molar-refractivity contribution in [2.45, 2.75) is 45.6 Å². The molecule has 90 valence electrons. The molecule has 1 saturated heterocycles.